The highest BCUT2D eigenvalue weighted by atomic mass is 16.7. The summed E-state index contributed by atoms with van der Waals surface area (Å²) in [6.45, 7) is 14.4. The number of benzene rings is 1. The van der Waals surface area contributed by atoms with Gasteiger partial charge in [0.2, 0.25) is 6.29 Å². The third-order valence-corrected chi connectivity index (χ3v) is 3.11. The Labute approximate surface area is 160 Å². The van der Waals surface area contributed by atoms with Crippen LogP contribution < -0.4 is 10.1 Å². The highest BCUT2D eigenvalue weighted by Crippen LogP contribution is 2.20. The zero-order valence-corrected chi connectivity index (χ0v) is 16.8. The monoisotopic (exact) mass is 379 g/mol. The number of carbonyl (C=O) groups excluding carboxylic acids is 2. The van der Waals surface area contributed by atoms with Gasteiger partial charge in [-0.15, -0.1) is 0 Å². The maximum atomic E-state index is 11.8. The van der Waals surface area contributed by atoms with Crippen molar-refractivity contribution in [1.82, 2.24) is 0 Å². The molecule has 2 unspecified atom stereocenters. The van der Waals surface area contributed by atoms with Crippen LogP contribution in [0.5, 0.6) is 5.75 Å². The van der Waals surface area contributed by atoms with Gasteiger partial charge >= 0.3 is 12.1 Å². The Morgan fingerprint density at radius 3 is 2.26 bits per heavy atom. The highest BCUT2D eigenvalue weighted by molar-refractivity contribution is 5.87. The molecule has 1 aromatic carbocycles. The van der Waals surface area contributed by atoms with Crippen molar-refractivity contribution in [3.63, 3.8) is 0 Å². The molecule has 1 aromatic rings. The molecule has 7 heteroatoms. The second kappa shape index (κ2) is 9.97. The zero-order valence-electron chi connectivity index (χ0n) is 16.8. The van der Waals surface area contributed by atoms with Crippen molar-refractivity contribution in [2.75, 3.05) is 11.9 Å². The van der Waals surface area contributed by atoms with Crippen molar-refractivity contribution in [1.29, 1.82) is 0 Å². The minimum absolute atomic E-state index is 0.301. The summed E-state index contributed by atoms with van der Waals surface area (Å²) in [7, 11) is 0. The number of amides is 1. The van der Waals surface area contributed by atoms with Crippen LogP contribution in [-0.4, -0.2) is 36.7 Å². The van der Waals surface area contributed by atoms with Crippen molar-refractivity contribution in [3.8, 4) is 5.75 Å². The third-order valence-electron chi connectivity index (χ3n) is 3.11. The molecule has 0 saturated carbocycles. The minimum atomic E-state index is -0.775. The van der Waals surface area contributed by atoms with Gasteiger partial charge in [0.1, 0.15) is 11.4 Å². The number of nitrogens with one attached hydrogen (secondary N) is 1. The molecule has 0 aliphatic carbocycles. The molecule has 0 aromatic heterocycles. The number of carbonyl (C=O) groups is 2. The maximum absolute atomic E-state index is 11.8. The summed E-state index contributed by atoms with van der Waals surface area (Å²) in [6, 6.07) is 6.69. The van der Waals surface area contributed by atoms with E-state index in [0.717, 1.165) is 0 Å². The van der Waals surface area contributed by atoms with Crippen molar-refractivity contribution in [2.45, 2.75) is 59.5 Å². The smallest absolute Gasteiger partial charge is 0.412 e. The van der Waals surface area contributed by atoms with Crippen LogP contribution in [0.1, 0.15) is 41.5 Å². The predicted octanol–water partition coefficient (Wildman–Crippen LogP) is 4.28. The van der Waals surface area contributed by atoms with E-state index in [0.29, 0.717) is 23.6 Å². The molecular formula is C20H29NO6. The molecule has 150 valence electrons. The average Bonchev–Trinajstić information content (AvgIpc) is 2.54. The molecule has 0 spiro atoms. The lowest BCUT2D eigenvalue weighted by molar-refractivity contribution is -0.173. The molecule has 0 fully saturated rings. The fourth-order valence-electron chi connectivity index (χ4n) is 1.93. The van der Waals surface area contributed by atoms with Crippen LogP contribution in [0.3, 0.4) is 0 Å². The first-order chi connectivity index (χ1) is 12.5. The van der Waals surface area contributed by atoms with E-state index in [2.05, 4.69) is 11.9 Å². The van der Waals surface area contributed by atoms with Crippen LogP contribution >= 0.6 is 0 Å². The molecule has 0 radical (unpaired) electrons. The fourth-order valence-corrected chi connectivity index (χ4v) is 1.93. The molecule has 0 saturated heterocycles. The Bertz CT molecular complexity index is 647. The van der Waals surface area contributed by atoms with E-state index in [1.807, 2.05) is 6.92 Å². The largest absolute Gasteiger partial charge is 0.461 e. The number of esters is 1. The molecule has 0 aliphatic rings. The van der Waals surface area contributed by atoms with E-state index in [9.17, 15) is 9.59 Å². The molecule has 0 bridgehead atoms. The first kappa shape index (κ1) is 22.5. The molecule has 1 amide bonds. The maximum Gasteiger partial charge on any atom is 0.412 e. The lowest BCUT2D eigenvalue weighted by Crippen LogP contribution is -2.36. The van der Waals surface area contributed by atoms with E-state index in [1.165, 1.54) is 0 Å². The standard InChI is InChI=1S/C20H29NO6/c1-8-24-18(14(4)25-17(22)13(2)3)26-16-11-9-15(10-12-16)21-19(23)27-20(5,6)7/h9-12,14,18H,2,8H2,1,3-7H3,(H,21,23). The number of anilines is 1. The Balaban J connectivity index is 2.71. The van der Waals surface area contributed by atoms with Crippen molar-refractivity contribution < 1.29 is 28.5 Å². The van der Waals surface area contributed by atoms with Gasteiger partial charge in [0.15, 0.2) is 6.10 Å². The molecule has 0 heterocycles. The predicted molar refractivity (Wildman–Crippen MR) is 103 cm³/mol. The number of ether oxygens (including phenoxy) is 4. The number of rotatable bonds is 8. The summed E-state index contributed by atoms with van der Waals surface area (Å²) < 4.78 is 21.7. The SMILES string of the molecule is C=C(C)C(=O)OC(C)C(OCC)Oc1ccc(NC(=O)OC(C)(C)C)cc1. The quantitative estimate of drug-likeness (QED) is 0.412. The third kappa shape index (κ3) is 8.59. The molecule has 7 nitrogen and oxygen atoms in total. The minimum Gasteiger partial charge on any atom is -0.461 e. The van der Waals surface area contributed by atoms with Gasteiger partial charge in [-0.1, -0.05) is 6.58 Å². The van der Waals surface area contributed by atoms with Gasteiger partial charge < -0.3 is 18.9 Å². The molecule has 2 atom stereocenters. The van der Waals surface area contributed by atoms with Crippen molar-refractivity contribution >= 4 is 17.7 Å². The molecule has 1 rings (SSSR count). The van der Waals surface area contributed by atoms with Crippen LogP contribution in [0, 0.1) is 0 Å². The zero-order chi connectivity index (χ0) is 20.6. The fraction of sp³-hybridized carbons (Fsp3) is 0.500. The first-order valence-electron chi connectivity index (χ1n) is 8.76. The Hall–Kier alpha value is -2.54. The van der Waals surface area contributed by atoms with E-state index in [4.69, 9.17) is 18.9 Å². The van der Waals surface area contributed by atoms with E-state index in [-0.39, 0.29) is 0 Å². The van der Waals surface area contributed by atoms with Gasteiger partial charge in [-0.3, -0.25) is 5.32 Å². The van der Waals surface area contributed by atoms with Gasteiger partial charge in [0.25, 0.3) is 0 Å². The van der Waals surface area contributed by atoms with Gasteiger partial charge in [0.05, 0.1) is 0 Å². The topological polar surface area (TPSA) is 83.1 Å². The molecule has 27 heavy (non-hydrogen) atoms. The van der Waals surface area contributed by atoms with E-state index < -0.39 is 30.1 Å². The van der Waals surface area contributed by atoms with Gasteiger partial charge in [-0.25, -0.2) is 9.59 Å². The van der Waals surface area contributed by atoms with Crippen LogP contribution in [0.4, 0.5) is 10.5 Å². The summed E-state index contributed by atoms with van der Waals surface area (Å²) in [4.78, 5) is 23.5. The summed E-state index contributed by atoms with van der Waals surface area (Å²) in [5, 5.41) is 2.64. The molecule has 0 aliphatic heterocycles. The van der Waals surface area contributed by atoms with Crippen LogP contribution in [0.2, 0.25) is 0 Å². The van der Waals surface area contributed by atoms with Crippen LogP contribution in [-0.2, 0) is 19.0 Å². The lowest BCUT2D eigenvalue weighted by atomic mass is 10.2. The summed E-state index contributed by atoms with van der Waals surface area (Å²) in [5.74, 6) is -0.00544. The number of hydrogen-bond acceptors (Lipinski definition) is 6. The second-order valence-electron chi connectivity index (χ2n) is 6.98. The van der Waals surface area contributed by atoms with Gasteiger partial charge in [0, 0.05) is 17.9 Å². The van der Waals surface area contributed by atoms with Crippen molar-refractivity contribution in [3.05, 3.63) is 36.4 Å². The van der Waals surface area contributed by atoms with Crippen LogP contribution in [0.25, 0.3) is 0 Å². The summed E-state index contributed by atoms with van der Waals surface area (Å²) in [5.41, 5.74) is 0.288. The molecule has 1 N–H and O–H groups in total. The van der Waals surface area contributed by atoms with E-state index >= 15 is 0 Å². The average molecular weight is 379 g/mol. The number of hydrogen-bond donors (Lipinski definition) is 1. The van der Waals surface area contributed by atoms with Gasteiger partial charge in [-0.05, 0) is 65.8 Å². The molecular weight excluding hydrogens is 350 g/mol. The van der Waals surface area contributed by atoms with E-state index in [1.54, 1.807) is 58.9 Å². The summed E-state index contributed by atoms with van der Waals surface area (Å²) in [6.07, 6.45) is -1.94. The Morgan fingerprint density at radius 2 is 1.78 bits per heavy atom. The summed E-state index contributed by atoms with van der Waals surface area (Å²) >= 11 is 0. The van der Waals surface area contributed by atoms with Crippen molar-refractivity contribution in [2.24, 2.45) is 0 Å². The normalized spacial score (nSPS) is 13.3. The second-order valence-corrected chi connectivity index (χ2v) is 6.98. The first-order valence-corrected chi connectivity index (χ1v) is 8.76. The Kier molecular flexibility index (Phi) is 8.31. The Morgan fingerprint density at radius 1 is 1.19 bits per heavy atom. The lowest BCUT2D eigenvalue weighted by Gasteiger charge is -2.25. The van der Waals surface area contributed by atoms with Crippen LogP contribution in [0.15, 0.2) is 36.4 Å². The van der Waals surface area contributed by atoms with Gasteiger partial charge in [-0.2, -0.15) is 0 Å². The highest BCUT2D eigenvalue weighted by Gasteiger charge is 2.24.